The van der Waals surface area contributed by atoms with Gasteiger partial charge in [0.1, 0.15) is 0 Å². The zero-order valence-corrected chi connectivity index (χ0v) is 14.8. The van der Waals surface area contributed by atoms with Gasteiger partial charge in [-0.15, -0.1) is 0 Å². The van der Waals surface area contributed by atoms with Crippen LogP contribution in [0.25, 0.3) is 0 Å². The first kappa shape index (κ1) is 15.2. The van der Waals surface area contributed by atoms with Crippen LogP contribution in [0.1, 0.15) is 78.1 Å². The maximum atomic E-state index is 12.0. The smallest absolute Gasteiger partial charge is 0.174 e. The summed E-state index contributed by atoms with van der Waals surface area (Å²) >= 11 is 6.46. The van der Waals surface area contributed by atoms with Crippen molar-refractivity contribution in [3.63, 3.8) is 0 Å². The lowest BCUT2D eigenvalue weighted by Gasteiger charge is -2.58. The number of rotatable bonds is 1. The van der Waals surface area contributed by atoms with Gasteiger partial charge in [0.2, 0.25) is 0 Å². The molecule has 0 aromatic heterocycles. The summed E-state index contributed by atoms with van der Waals surface area (Å²) in [5.41, 5.74) is 2.21. The maximum absolute atomic E-state index is 12.0. The minimum Gasteiger partial charge on any atom is -0.293 e. The topological polar surface area (TPSA) is 17.1 Å². The summed E-state index contributed by atoms with van der Waals surface area (Å²) in [6, 6.07) is 0. The van der Waals surface area contributed by atoms with Crippen LogP contribution in [0, 0.1) is 28.6 Å². The van der Waals surface area contributed by atoms with Gasteiger partial charge in [0.25, 0.3) is 0 Å². The van der Waals surface area contributed by atoms with Crippen LogP contribution in [-0.2, 0) is 4.79 Å². The molecule has 122 valence electrons. The predicted octanol–water partition coefficient (Wildman–Crippen LogP) is 5.87. The quantitative estimate of drug-likeness (QED) is 0.591. The monoisotopic (exact) mass is 320 g/mol. The van der Waals surface area contributed by atoms with Crippen LogP contribution in [0.5, 0.6) is 0 Å². The number of hydrogen-bond donors (Lipinski definition) is 0. The molecule has 0 aliphatic heterocycles. The van der Waals surface area contributed by atoms with Crippen molar-refractivity contribution >= 4 is 17.4 Å². The van der Waals surface area contributed by atoms with Crippen molar-refractivity contribution < 1.29 is 4.79 Å². The van der Waals surface area contributed by atoms with Crippen molar-refractivity contribution in [1.29, 1.82) is 0 Å². The lowest BCUT2D eigenvalue weighted by Crippen LogP contribution is -2.50. The highest BCUT2D eigenvalue weighted by Crippen LogP contribution is 2.66. The molecule has 0 spiro atoms. The van der Waals surface area contributed by atoms with Crippen molar-refractivity contribution in [2.75, 3.05) is 0 Å². The van der Waals surface area contributed by atoms with Crippen LogP contribution in [0.4, 0.5) is 0 Å². The number of halogens is 1. The molecular formula is C20H29ClO. The highest BCUT2D eigenvalue weighted by Gasteiger charge is 2.57. The standard InChI is InChI=1S/C20H29ClO/c1-3-20-10-4-5-15(20)13-6-7-16-18(21)17(22)9-11-19(16,2)14(13)8-12-20/h13-15H,3-12H2,1-2H3/t13-,14+,15+,19-,20+/m1/s1. The molecule has 4 aliphatic carbocycles. The molecule has 0 saturated heterocycles. The Labute approximate surface area is 139 Å². The minimum atomic E-state index is 0.201. The van der Waals surface area contributed by atoms with E-state index in [0.29, 0.717) is 16.9 Å². The summed E-state index contributed by atoms with van der Waals surface area (Å²) in [7, 11) is 0. The number of carbonyl (C=O) groups is 1. The van der Waals surface area contributed by atoms with Crippen molar-refractivity contribution in [1.82, 2.24) is 0 Å². The molecule has 3 saturated carbocycles. The van der Waals surface area contributed by atoms with E-state index < -0.39 is 0 Å². The van der Waals surface area contributed by atoms with E-state index in [9.17, 15) is 4.79 Å². The average molecular weight is 321 g/mol. The number of hydrogen-bond acceptors (Lipinski definition) is 1. The Morgan fingerprint density at radius 1 is 1.09 bits per heavy atom. The first-order chi connectivity index (χ1) is 10.5. The Morgan fingerprint density at radius 3 is 2.68 bits per heavy atom. The third-order valence-electron chi connectivity index (χ3n) is 8.28. The van der Waals surface area contributed by atoms with E-state index in [2.05, 4.69) is 13.8 Å². The minimum absolute atomic E-state index is 0.201. The number of carbonyl (C=O) groups excluding carboxylic acids is 1. The molecule has 22 heavy (non-hydrogen) atoms. The SMILES string of the molecule is CC[C@@]12CCC[C@H]1[C@@H]1CCC3=C(Cl)C(=O)CC[C@]3(C)[C@H]1CC2. The van der Waals surface area contributed by atoms with Crippen LogP contribution >= 0.6 is 11.6 Å². The van der Waals surface area contributed by atoms with Gasteiger partial charge in [0, 0.05) is 6.42 Å². The molecule has 0 unspecified atom stereocenters. The molecule has 5 atom stereocenters. The fourth-order valence-corrected chi connectivity index (χ4v) is 7.46. The fraction of sp³-hybridized carbons (Fsp3) is 0.850. The van der Waals surface area contributed by atoms with E-state index in [1.54, 1.807) is 0 Å². The number of allylic oxidation sites excluding steroid dienone is 1. The Bertz CT molecular complexity index is 536. The predicted molar refractivity (Wildman–Crippen MR) is 90.7 cm³/mol. The van der Waals surface area contributed by atoms with Crippen molar-refractivity contribution in [2.24, 2.45) is 28.6 Å². The number of Topliss-reactive ketones (excluding diaryl/α,β-unsaturated/α-hetero) is 1. The number of ketones is 1. The van der Waals surface area contributed by atoms with Crippen LogP contribution in [0.15, 0.2) is 10.6 Å². The normalized spacial score (nSPS) is 48.0. The van der Waals surface area contributed by atoms with Crippen LogP contribution in [0.3, 0.4) is 0 Å². The molecule has 0 radical (unpaired) electrons. The Morgan fingerprint density at radius 2 is 1.91 bits per heavy atom. The summed E-state index contributed by atoms with van der Waals surface area (Å²) in [4.78, 5) is 12.0. The van der Waals surface area contributed by atoms with Gasteiger partial charge in [-0.3, -0.25) is 4.79 Å². The molecule has 4 rings (SSSR count). The summed E-state index contributed by atoms with van der Waals surface area (Å²) in [6.45, 7) is 4.85. The summed E-state index contributed by atoms with van der Waals surface area (Å²) < 4.78 is 0. The van der Waals surface area contributed by atoms with E-state index in [1.807, 2.05) is 0 Å². The summed E-state index contributed by atoms with van der Waals surface area (Å²) in [5.74, 6) is 2.82. The molecule has 0 aromatic carbocycles. The number of fused-ring (bicyclic) bond motifs is 5. The van der Waals surface area contributed by atoms with E-state index >= 15 is 0 Å². The van der Waals surface area contributed by atoms with Crippen molar-refractivity contribution in [3.05, 3.63) is 10.6 Å². The first-order valence-electron chi connectivity index (χ1n) is 9.44. The Kier molecular flexibility index (Phi) is 3.53. The van der Waals surface area contributed by atoms with Gasteiger partial charge in [-0.05, 0) is 79.1 Å². The van der Waals surface area contributed by atoms with Crippen molar-refractivity contribution in [2.45, 2.75) is 78.1 Å². The van der Waals surface area contributed by atoms with Crippen LogP contribution in [-0.4, -0.2) is 5.78 Å². The lowest BCUT2D eigenvalue weighted by atomic mass is 9.47. The fourth-order valence-electron chi connectivity index (χ4n) is 7.06. The van der Waals surface area contributed by atoms with Gasteiger partial charge < -0.3 is 0 Å². The third-order valence-corrected chi connectivity index (χ3v) is 8.72. The zero-order valence-electron chi connectivity index (χ0n) is 14.1. The van der Waals surface area contributed by atoms with Gasteiger partial charge in [-0.2, -0.15) is 0 Å². The first-order valence-corrected chi connectivity index (χ1v) is 9.82. The summed E-state index contributed by atoms with van der Waals surface area (Å²) in [6.07, 6.45) is 12.6. The molecule has 3 fully saturated rings. The van der Waals surface area contributed by atoms with Crippen LogP contribution < -0.4 is 0 Å². The molecule has 0 heterocycles. The van der Waals surface area contributed by atoms with E-state index in [-0.39, 0.29) is 11.2 Å². The second-order valence-corrected chi connectivity index (χ2v) is 9.07. The van der Waals surface area contributed by atoms with Gasteiger partial charge in [0.15, 0.2) is 5.78 Å². The van der Waals surface area contributed by atoms with Crippen LogP contribution in [0.2, 0.25) is 0 Å². The average Bonchev–Trinajstić information content (AvgIpc) is 2.96. The lowest BCUT2D eigenvalue weighted by molar-refractivity contribution is -0.118. The largest absolute Gasteiger partial charge is 0.293 e. The van der Waals surface area contributed by atoms with E-state index in [0.717, 1.165) is 30.6 Å². The van der Waals surface area contributed by atoms with Gasteiger partial charge >= 0.3 is 0 Å². The van der Waals surface area contributed by atoms with Gasteiger partial charge in [0.05, 0.1) is 5.03 Å². The highest BCUT2D eigenvalue weighted by atomic mass is 35.5. The van der Waals surface area contributed by atoms with E-state index in [4.69, 9.17) is 11.6 Å². The Hall–Kier alpha value is -0.300. The maximum Gasteiger partial charge on any atom is 0.174 e. The van der Waals surface area contributed by atoms with Crippen molar-refractivity contribution in [3.8, 4) is 0 Å². The molecule has 1 nitrogen and oxygen atoms in total. The molecule has 0 N–H and O–H groups in total. The second-order valence-electron chi connectivity index (χ2n) is 8.70. The molecule has 0 bridgehead atoms. The highest BCUT2D eigenvalue weighted by molar-refractivity contribution is 6.43. The molecule has 4 aliphatic rings. The van der Waals surface area contributed by atoms with Gasteiger partial charge in [-0.1, -0.05) is 38.3 Å². The second kappa shape index (κ2) is 5.10. The van der Waals surface area contributed by atoms with E-state index in [1.165, 1.54) is 50.5 Å². The zero-order chi connectivity index (χ0) is 15.5. The van der Waals surface area contributed by atoms with Gasteiger partial charge in [-0.25, -0.2) is 0 Å². The third kappa shape index (κ3) is 1.87. The summed E-state index contributed by atoms with van der Waals surface area (Å²) in [5, 5.41) is 0.617. The molecule has 0 aromatic rings. The molecular weight excluding hydrogens is 292 g/mol. The molecule has 2 heteroatoms. The Balaban J connectivity index is 1.71. The molecule has 0 amide bonds.